The Kier molecular flexibility index (Phi) is 2.04. The van der Waals surface area contributed by atoms with Crippen LogP contribution >= 0.6 is 0 Å². The van der Waals surface area contributed by atoms with Crippen LogP contribution in [0.5, 0.6) is 0 Å². The first kappa shape index (κ1) is 9.77. The third-order valence-electron chi connectivity index (χ3n) is 2.55. The van der Waals surface area contributed by atoms with Gasteiger partial charge in [-0.15, -0.1) is 0 Å². The number of nitrogen functional groups attached to an aromatic ring is 1. The number of H-pyrrole nitrogens is 1. The lowest BCUT2D eigenvalue weighted by Crippen LogP contribution is -1.87. The Balaban J connectivity index is 2.26. The molecule has 0 fully saturated rings. The second kappa shape index (κ2) is 3.55. The van der Waals surface area contributed by atoms with Crippen molar-refractivity contribution < 1.29 is 4.39 Å². The fraction of sp³-hybridized carbons (Fsp3) is 0. The quantitative estimate of drug-likeness (QED) is 0.671. The minimum atomic E-state index is -0.329. The molecule has 17 heavy (non-hydrogen) atoms. The number of halogens is 1. The van der Waals surface area contributed by atoms with E-state index in [1.165, 1.54) is 6.07 Å². The molecular weight excluding hydrogens is 219 g/mol. The van der Waals surface area contributed by atoms with Crippen LogP contribution in [0.1, 0.15) is 0 Å². The summed E-state index contributed by atoms with van der Waals surface area (Å²) in [6, 6.07) is 8.10. The third kappa shape index (κ3) is 1.52. The molecule has 0 saturated carbocycles. The number of benzene rings is 1. The van der Waals surface area contributed by atoms with E-state index < -0.39 is 0 Å². The topological polar surface area (TPSA) is 67.6 Å². The summed E-state index contributed by atoms with van der Waals surface area (Å²) < 4.78 is 13.6. The van der Waals surface area contributed by atoms with Gasteiger partial charge in [-0.2, -0.15) is 0 Å². The van der Waals surface area contributed by atoms with E-state index in [2.05, 4.69) is 15.0 Å². The maximum Gasteiger partial charge on any atom is 0.180 e. The number of hydrogen-bond acceptors (Lipinski definition) is 3. The molecule has 3 N–H and O–H groups in total. The Morgan fingerprint density at radius 3 is 2.76 bits per heavy atom. The maximum absolute atomic E-state index is 13.6. The van der Waals surface area contributed by atoms with Gasteiger partial charge in [0.05, 0.1) is 11.3 Å². The third-order valence-corrected chi connectivity index (χ3v) is 2.55. The van der Waals surface area contributed by atoms with Crippen LogP contribution in [0.3, 0.4) is 0 Å². The van der Waals surface area contributed by atoms with Gasteiger partial charge in [0, 0.05) is 6.20 Å². The predicted molar refractivity (Wildman–Crippen MR) is 63.7 cm³/mol. The minimum absolute atomic E-state index is 0.329. The lowest BCUT2D eigenvalue weighted by atomic mass is 10.2. The van der Waals surface area contributed by atoms with E-state index in [1.54, 1.807) is 30.5 Å². The Bertz CT molecular complexity index is 690. The zero-order valence-corrected chi connectivity index (χ0v) is 8.81. The summed E-state index contributed by atoms with van der Waals surface area (Å²) in [5.74, 6) is 0.105. The molecule has 0 unspecified atom stereocenters. The fourth-order valence-electron chi connectivity index (χ4n) is 1.71. The molecule has 1 aromatic carbocycles. The highest BCUT2D eigenvalue weighted by Crippen LogP contribution is 2.24. The Morgan fingerprint density at radius 1 is 1.18 bits per heavy atom. The van der Waals surface area contributed by atoms with Crippen LogP contribution in [0.2, 0.25) is 0 Å². The van der Waals surface area contributed by atoms with Crippen LogP contribution in [0.25, 0.3) is 22.6 Å². The Hall–Kier alpha value is -2.43. The van der Waals surface area contributed by atoms with Crippen molar-refractivity contribution in [1.29, 1.82) is 0 Å². The zero-order valence-electron chi connectivity index (χ0n) is 8.81. The SMILES string of the molecule is Nc1ccnc2nc(-c3ccccc3F)[nH]c12. The van der Waals surface area contributed by atoms with Crippen molar-refractivity contribution >= 4 is 16.9 Å². The minimum Gasteiger partial charge on any atom is -0.397 e. The average molecular weight is 228 g/mol. The highest BCUT2D eigenvalue weighted by molar-refractivity contribution is 5.86. The first-order valence-electron chi connectivity index (χ1n) is 5.11. The molecule has 0 aliphatic carbocycles. The highest BCUT2D eigenvalue weighted by atomic mass is 19.1. The van der Waals surface area contributed by atoms with Crippen LogP contribution in [0.4, 0.5) is 10.1 Å². The van der Waals surface area contributed by atoms with Gasteiger partial charge in [0.1, 0.15) is 17.2 Å². The second-order valence-electron chi connectivity index (χ2n) is 3.66. The average Bonchev–Trinajstić information content (AvgIpc) is 2.75. The molecule has 0 aliphatic rings. The van der Waals surface area contributed by atoms with E-state index in [0.29, 0.717) is 28.2 Å². The first-order valence-corrected chi connectivity index (χ1v) is 5.11. The molecule has 2 heterocycles. The van der Waals surface area contributed by atoms with Crippen LogP contribution < -0.4 is 5.73 Å². The molecule has 0 aliphatic heterocycles. The molecule has 84 valence electrons. The highest BCUT2D eigenvalue weighted by Gasteiger charge is 2.11. The Labute approximate surface area is 96.3 Å². The summed E-state index contributed by atoms with van der Waals surface area (Å²) in [7, 11) is 0. The van der Waals surface area contributed by atoms with Crippen molar-refractivity contribution in [3.63, 3.8) is 0 Å². The predicted octanol–water partition coefficient (Wildman–Crippen LogP) is 2.35. The van der Waals surface area contributed by atoms with Gasteiger partial charge in [-0.1, -0.05) is 12.1 Å². The standard InChI is InChI=1S/C12H9FN4/c13-8-4-2-1-3-7(8)11-16-10-9(14)5-6-15-12(10)17-11/h1-6H,(H3,14,15,16,17). The largest absolute Gasteiger partial charge is 0.397 e. The van der Waals surface area contributed by atoms with E-state index in [1.807, 2.05) is 0 Å². The van der Waals surface area contributed by atoms with E-state index in [0.717, 1.165) is 0 Å². The van der Waals surface area contributed by atoms with Crippen LogP contribution in [-0.2, 0) is 0 Å². The van der Waals surface area contributed by atoms with Crippen molar-refractivity contribution in [2.75, 3.05) is 5.73 Å². The lowest BCUT2D eigenvalue weighted by molar-refractivity contribution is 0.630. The normalized spacial score (nSPS) is 10.9. The number of fused-ring (bicyclic) bond motifs is 1. The maximum atomic E-state index is 13.6. The van der Waals surface area contributed by atoms with Gasteiger partial charge >= 0.3 is 0 Å². The van der Waals surface area contributed by atoms with Gasteiger partial charge in [-0.05, 0) is 18.2 Å². The molecule has 4 nitrogen and oxygen atoms in total. The molecule has 0 saturated heterocycles. The summed E-state index contributed by atoms with van der Waals surface area (Å²) >= 11 is 0. The molecule has 3 rings (SSSR count). The molecule has 3 aromatic rings. The van der Waals surface area contributed by atoms with Crippen molar-refractivity contribution in [3.8, 4) is 11.4 Å². The van der Waals surface area contributed by atoms with Gasteiger partial charge < -0.3 is 10.7 Å². The lowest BCUT2D eigenvalue weighted by Gasteiger charge is -1.97. The zero-order chi connectivity index (χ0) is 11.8. The number of hydrogen-bond donors (Lipinski definition) is 2. The van der Waals surface area contributed by atoms with E-state index in [9.17, 15) is 4.39 Å². The number of pyridine rings is 1. The van der Waals surface area contributed by atoms with Crippen LogP contribution in [0, 0.1) is 5.82 Å². The summed E-state index contributed by atoms with van der Waals surface area (Å²) in [5.41, 5.74) is 7.85. The molecule has 2 aromatic heterocycles. The van der Waals surface area contributed by atoms with Crippen molar-refractivity contribution in [2.24, 2.45) is 0 Å². The number of nitrogens with two attached hydrogens (primary N) is 1. The summed E-state index contributed by atoms with van der Waals surface area (Å²) in [6.07, 6.45) is 1.57. The number of anilines is 1. The smallest absolute Gasteiger partial charge is 0.180 e. The van der Waals surface area contributed by atoms with Crippen molar-refractivity contribution in [2.45, 2.75) is 0 Å². The molecule has 0 radical (unpaired) electrons. The second-order valence-corrected chi connectivity index (χ2v) is 3.66. The number of nitrogens with one attached hydrogen (secondary N) is 1. The van der Waals surface area contributed by atoms with Crippen LogP contribution in [-0.4, -0.2) is 15.0 Å². The van der Waals surface area contributed by atoms with Crippen LogP contribution in [0.15, 0.2) is 36.5 Å². The molecule has 0 spiro atoms. The number of imidazole rings is 1. The number of rotatable bonds is 1. The summed E-state index contributed by atoms with van der Waals surface area (Å²) in [6.45, 7) is 0. The van der Waals surface area contributed by atoms with E-state index in [4.69, 9.17) is 5.73 Å². The van der Waals surface area contributed by atoms with Gasteiger partial charge in [-0.25, -0.2) is 14.4 Å². The summed E-state index contributed by atoms with van der Waals surface area (Å²) in [4.78, 5) is 11.3. The van der Waals surface area contributed by atoms with Gasteiger partial charge in [0.2, 0.25) is 0 Å². The molecule has 0 bridgehead atoms. The Morgan fingerprint density at radius 2 is 2.00 bits per heavy atom. The van der Waals surface area contributed by atoms with Gasteiger partial charge in [-0.3, -0.25) is 0 Å². The van der Waals surface area contributed by atoms with E-state index >= 15 is 0 Å². The monoisotopic (exact) mass is 228 g/mol. The fourth-order valence-corrected chi connectivity index (χ4v) is 1.71. The van der Waals surface area contributed by atoms with Crippen molar-refractivity contribution in [3.05, 3.63) is 42.3 Å². The first-order chi connectivity index (χ1) is 8.25. The molecular formula is C12H9FN4. The van der Waals surface area contributed by atoms with Crippen molar-refractivity contribution in [1.82, 2.24) is 15.0 Å². The number of nitrogens with zero attached hydrogens (tertiary/aromatic N) is 2. The van der Waals surface area contributed by atoms with Gasteiger partial charge in [0.25, 0.3) is 0 Å². The summed E-state index contributed by atoms with van der Waals surface area (Å²) in [5, 5.41) is 0. The number of aromatic nitrogens is 3. The molecule has 0 atom stereocenters. The number of aromatic amines is 1. The molecule has 5 heteroatoms. The van der Waals surface area contributed by atoms with E-state index in [-0.39, 0.29) is 5.82 Å². The molecule has 0 amide bonds. The van der Waals surface area contributed by atoms with Gasteiger partial charge in [0.15, 0.2) is 5.65 Å².